The second-order valence-corrected chi connectivity index (χ2v) is 7.99. The fraction of sp³-hybridized carbons (Fsp3) is 0.318. The quantitative estimate of drug-likeness (QED) is 0.555. The largest absolute Gasteiger partial charge is 0.497 e. The van der Waals surface area contributed by atoms with E-state index in [1.807, 2.05) is 32.3 Å². The highest BCUT2D eigenvalue weighted by Gasteiger charge is 2.35. The third-order valence-electron chi connectivity index (χ3n) is 4.89. The van der Waals surface area contributed by atoms with Gasteiger partial charge in [-0.05, 0) is 56.1 Å². The third-order valence-corrected chi connectivity index (χ3v) is 5.25. The Labute approximate surface area is 185 Å². The first-order chi connectivity index (χ1) is 14.9. The van der Waals surface area contributed by atoms with Gasteiger partial charge >= 0.3 is 11.8 Å². The number of carbonyl (C=O) groups excluding carboxylic acids is 1. The molecule has 1 aliphatic heterocycles. The average Bonchev–Trinajstić information content (AvgIpc) is 3.22. The monoisotopic (exact) mass is 442 g/mol. The van der Waals surface area contributed by atoms with E-state index in [0.29, 0.717) is 29.4 Å². The van der Waals surface area contributed by atoms with Gasteiger partial charge in [0.25, 0.3) is 0 Å². The molecule has 1 saturated heterocycles. The summed E-state index contributed by atoms with van der Waals surface area (Å²) in [7, 11) is 5.57. The van der Waals surface area contributed by atoms with Crippen molar-refractivity contribution in [2.45, 2.75) is 12.6 Å². The van der Waals surface area contributed by atoms with Crippen LogP contribution in [-0.2, 0) is 6.54 Å². The number of amides is 1. The predicted molar refractivity (Wildman–Crippen MR) is 115 cm³/mol. The van der Waals surface area contributed by atoms with E-state index >= 15 is 0 Å². The first-order valence-electron chi connectivity index (χ1n) is 9.80. The number of benzene rings is 2. The van der Waals surface area contributed by atoms with Crippen LogP contribution in [0.5, 0.6) is 11.5 Å². The van der Waals surface area contributed by atoms with Crippen molar-refractivity contribution in [3.05, 3.63) is 58.9 Å². The van der Waals surface area contributed by atoms with Gasteiger partial charge in [0.2, 0.25) is 5.89 Å². The molecule has 3 aromatic rings. The summed E-state index contributed by atoms with van der Waals surface area (Å²) >= 11 is 6.34. The van der Waals surface area contributed by atoms with Gasteiger partial charge in [-0.1, -0.05) is 17.7 Å². The van der Waals surface area contributed by atoms with Crippen LogP contribution in [0, 0.1) is 0 Å². The van der Waals surface area contributed by atoms with Crippen LogP contribution < -0.4 is 9.47 Å². The normalized spacial score (nSPS) is 13.9. The molecule has 0 saturated carbocycles. The van der Waals surface area contributed by atoms with E-state index in [2.05, 4.69) is 15.1 Å². The van der Waals surface area contributed by atoms with Crippen molar-refractivity contribution in [2.24, 2.45) is 0 Å². The van der Waals surface area contributed by atoms with Gasteiger partial charge in [-0.15, -0.1) is 10.2 Å². The molecule has 1 fully saturated rings. The minimum Gasteiger partial charge on any atom is -0.497 e. The minimum atomic E-state index is -0.313. The Morgan fingerprint density at radius 1 is 1.16 bits per heavy atom. The van der Waals surface area contributed by atoms with Crippen LogP contribution in [0.2, 0.25) is 5.02 Å². The highest BCUT2D eigenvalue weighted by molar-refractivity contribution is 6.31. The highest BCUT2D eigenvalue weighted by atomic mass is 35.5. The van der Waals surface area contributed by atoms with Gasteiger partial charge in [-0.2, -0.15) is 0 Å². The van der Waals surface area contributed by atoms with Gasteiger partial charge in [-0.25, -0.2) is 0 Å². The number of methoxy groups -OCH3 is 1. The number of aromatic nitrogens is 2. The summed E-state index contributed by atoms with van der Waals surface area (Å²) in [6, 6.07) is 12.8. The van der Waals surface area contributed by atoms with Crippen molar-refractivity contribution < 1.29 is 18.7 Å². The Morgan fingerprint density at radius 3 is 2.52 bits per heavy atom. The zero-order chi connectivity index (χ0) is 22.0. The summed E-state index contributed by atoms with van der Waals surface area (Å²) in [5.41, 5.74) is 1.75. The molecular formula is C22H23ClN4O4. The van der Waals surface area contributed by atoms with E-state index in [-0.39, 0.29) is 23.8 Å². The zero-order valence-electron chi connectivity index (χ0n) is 17.5. The van der Waals surface area contributed by atoms with E-state index in [4.69, 9.17) is 25.5 Å². The van der Waals surface area contributed by atoms with Crippen LogP contribution in [0.25, 0.3) is 11.5 Å². The maximum atomic E-state index is 12.6. The summed E-state index contributed by atoms with van der Waals surface area (Å²) in [6.45, 7) is 1.64. The van der Waals surface area contributed by atoms with Crippen molar-refractivity contribution >= 4 is 17.5 Å². The van der Waals surface area contributed by atoms with Crippen LogP contribution in [0.15, 0.2) is 46.9 Å². The molecule has 0 spiro atoms. The molecule has 0 atom stereocenters. The standard InChI is InChI=1S/C22H23ClN4O4/c1-26(2)11-15-6-9-17(10-19(15)23)30-18-12-27(13-18)22(28)21-25-24-20(31-21)14-4-7-16(29-3)8-5-14/h4-10,18H,11-13H2,1-3H3. The molecule has 1 aromatic heterocycles. The summed E-state index contributed by atoms with van der Waals surface area (Å²) in [4.78, 5) is 16.3. The Hall–Kier alpha value is -3.10. The second kappa shape index (κ2) is 8.95. The van der Waals surface area contributed by atoms with Gasteiger partial charge < -0.3 is 23.7 Å². The van der Waals surface area contributed by atoms with Gasteiger partial charge in [0.1, 0.15) is 17.6 Å². The molecule has 31 heavy (non-hydrogen) atoms. The topological polar surface area (TPSA) is 80.9 Å². The van der Waals surface area contributed by atoms with E-state index < -0.39 is 0 Å². The number of carbonyl (C=O) groups is 1. The molecular weight excluding hydrogens is 420 g/mol. The van der Waals surface area contributed by atoms with Crippen molar-refractivity contribution in [1.82, 2.24) is 20.0 Å². The molecule has 1 aliphatic rings. The number of likely N-dealkylation sites (tertiary alicyclic amines) is 1. The molecule has 0 unspecified atom stereocenters. The molecule has 0 bridgehead atoms. The van der Waals surface area contributed by atoms with E-state index in [1.54, 1.807) is 36.3 Å². The van der Waals surface area contributed by atoms with Crippen molar-refractivity contribution in [3.8, 4) is 23.0 Å². The number of rotatable bonds is 7. The van der Waals surface area contributed by atoms with Crippen LogP contribution in [0.3, 0.4) is 0 Å². The van der Waals surface area contributed by atoms with Crippen molar-refractivity contribution in [1.29, 1.82) is 0 Å². The minimum absolute atomic E-state index is 0.0413. The zero-order valence-corrected chi connectivity index (χ0v) is 18.3. The molecule has 4 rings (SSSR count). The van der Waals surface area contributed by atoms with E-state index in [9.17, 15) is 4.79 Å². The second-order valence-electron chi connectivity index (χ2n) is 7.58. The van der Waals surface area contributed by atoms with E-state index in [1.165, 1.54) is 0 Å². The molecule has 0 aliphatic carbocycles. The van der Waals surface area contributed by atoms with Gasteiger partial charge in [0, 0.05) is 17.1 Å². The lowest BCUT2D eigenvalue weighted by molar-refractivity contribution is 0.0150. The lowest BCUT2D eigenvalue weighted by Crippen LogP contribution is -2.56. The third kappa shape index (κ3) is 4.81. The van der Waals surface area contributed by atoms with Gasteiger partial charge in [0.05, 0.1) is 20.2 Å². The first-order valence-corrected chi connectivity index (χ1v) is 10.2. The lowest BCUT2D eigenvalue weighted by atomic mass is 10.1. The van der Waals surface area contributed by atoms with Gasteiger partial charge in [-0.3, -0.25) is 4.79 Å². The fourth-order valence-electron chi connectivity index (χ4n) is 3.24. The van der Waals surface area contributed by atoms with Crippen molar-refractivity contribution in [2.75, 3.05) is 34.3 Å². The van der Waals surface area contributed by atoms with Gasteiger partial charge in [0.15, 0.2) is 0 Å². The maximum absolute atomic E-state index is 12.6. The molecule has 9 heteroatoms. The molecule has 2 aromatic carbocycles. The lowest BCUT2D eigenvalue weighted by Gasteiger charge is -2.38. The molecule has 8 nitrogen and oxygen atoms in total. The molecule has 0 radical (unpaired) electrons. The number of hydrogen-bond donors (Lipinski definition) is 0. The Bertz CT molecular complexity index is 1060. The smallest absolute Gasteiger partial charge is 0.311 e. The van der Waals surface area contributed by atoms with Crippen LogP contribution in [0.4, 0.5) is 0 Å². The Morgan fingerprint density at radius 2 is 1.87 bits per heavy atom. The highest BCUT2D eigenvalue weighted by Crippen LogP contribution is 2.27. The number of nitrogens with zero attached hydrogens (tertiary/aromatic N) is 4. The van der Waals surface area contributed by atoms with Crippen molar-refractivity contribution in [3.63, 3.8) is 0 Å². The number of ether oxygens (including phenoxy) is 2. The van der Waals surface area contributed by atoms with E-state index in [0.717, 1.165) is 17.9 Å². The summed E-state index contributed by atoms with van der Waals surface area (Å²) in [6.07, 6.45) is -0.108. The summed E-state index contributed by atoms with van der Waals surface area (Å²) in [5.74, 6) is 1.34. The molecule has 0 N–H and O–H groups in total. The number of hydrogen-bond acceptors (Lipinski definition) is 7. The Balaban J connectivity index is 1.32. The Kier molecular flexibility index (Phi) is 6.11. The fourth-order valence-corrected chi connectivity index (χ4v) is 3.47. The summed E-state index contributed by atoms with van der Waals surface area (Å²) in [5, 5.41) is 8.53. The maximum Gasteiger partial charge on any atom is 0.311 e. The first kappa shape index (κ1) is 21.1. The molecule has 2 heterocycles. The average molecular weight is 443 g/mol. The van der Waals surface area contributed by atoms with Crippen LogP contribution in [-0.4, -0.2) is 66.3 Å². The molecule has 1 amide bonds. The number of halogens is 1. The predicted octanol–water partition coefficient (Wildman–Crippen LogP) is 3.36. The van der Waals surface area contributed by atoms with Crippen LogP contribution >= 0.6 is 11.6 Å². The summed E-state index contributed by atoms with van der Waals surface area (Å²) < 4.78 is 16.6. The van der Waals surface area contributed by atoms with Crippen LogP contribution in [0.1, 0.15) is 16.2 Å². The molecule has 162 valence electrons. The SMILES string of the molecule is COc1ccc(-c2nnc(C(=O)N3CC(Oc4ccc(CN(C)C)c(Cl)c4)C3)o2)cc1.